The van der Waals surface area contributed by atoms with Gasteiger partial charge in [0, 0.05) is 0 Å². The molecule has 5 nitrogen and oxygen atoms in total. The monoisotopic (exact) mass is 246 g/mol. The highest BCUT2D eigenvalue weighted by molar-refractivity contribution is 5.42. The first-order chi connectivity index (χ1) is 8.41. The predicted octanol–water partition coefficient (Wildman–Crippen LogP) is 1.16. The summed E-state index contributed by atoms with van der Waals surface area (Å²) in [6, 6.07) is 5.37. The quantitative estimate of drug-likeness (QED) is 0.792. The zero-order valence-corrected chi connectivity index (χ0v) is 10.4. The van der Waals surface area contributed by atoms with E-state index < -0.39 is 11.2 Å². The number of aromatic nitrogens is 2. The van der Waals surface area contributed by atoms with E-state index in [1.165, 1.54) is 6.92 Å². The SMILES string of the molecule is Cc1ccc(-n2c(O)c(C)c(=O)[nH]c2=O)cc1C. The van der Waals surface area contributed by atoms with Crippen molar-refractivity contribution in [1.82, 2.24) is 9.55 Å². The van der Waals surface area contributed by atoms with Gasteiger partial charge in [-0.3, -0.25) is 9.78 Å². The minimum atomic E-state index is -0.647. The molecule has 18 heavy (non-hydrogen) atoms. The molecule has 1 aromatic heterocycles. The van der Waals surface area contributed by atoms with E-state index in [-0.39, 0.29) is 11.4 Å². The highest BCUT2D eigenvalue weighted by Crippen LogP contribution is 2.18. The smallest absolute Gasteiger partial charge is 0.335 e. The van der Waals surface area contributed by atoms with Crippen LogP contribution >= 0.6 is 0 Å². The van der Waals surface area contributed by atoms with Gasteiger partial charge in [0.2, 0.25) is 5.88 Å². The maximum atomic E-state index is 11.8. The van der Waals surface area contributed by atoms with Crippen LogP contribution in [-0.4, -0.2) is 14.7 Å². The second kappa shape index (κ2) is 4.18. The molecule has 0 fully saturated rings. The third-order valence-corrected chi connectivity index (χ3v) is 3.06. The van der Waals surface area contributed by atoms with Crippen LogP contribution in [0.15, 0.2) is 27.8 Å². The summed E-state index contributed by atoms with van der Waals surface area (Å²) in [5.41, 5.74) is 1.52. The van der Waals surface area contributed by atoms with Gasteiger partial charge >= 0.3 is 5.69 Å². The molecule has 1 heterocycles. The number of hydrogen-bond donors (Lipinski definition) is 2. The predicted molar refractivity (Wildman–Crippen MR) is 68.5 cm³/mol. The zero-order valence-electron chi connectivity index (χ0n) is 10.4. The van der Waals surface area contributed by atoms with Crippen LogP contribution in [0.1, 0.15) is 16.7 Å². The van der Waals surface area contributed by atoms with E-state index in [1.54, 1.807) is 12.1 Å². The molecule has 2 rings (SSSR count). The van der Waals surface area contributed by atoms with E-state index in [0.29, 0.717) is 5.69 Å². The number of hydrogen-bond acceptors (Lipinski definition) is 3. The van der Waals surface area contributed by atoms with E-state index in [2.05, 4.69) is 4.98 Å². The molecular weight excluding hydrogens is 232 g/mol. The molecule has 0 aliphatic rings. The number of nitrogens with zero attached hydrogens (tertiary/aromatic N) is 1. The zero-order chi connectivity index (χ0) is 13.4. The molecule has 1 aromatic carbocycles. The molecule has 0 saturated heterocycles. The summed E-state index contributed by atoms with van der Waals surface area (Å²) < 4.78 is 1.09. The third-order valence-electron chi connectivity index (χ3n) is 3.06. The molecule has 0 aliphatic carbocycles. The second-order valence-electron chi connectivity index (χ2n) is 4.31. The maximum Gasteiger partial charge on any atom is 0.335 e. The lowest BCUT2D eigenvalue weighted by molar-refractivity contribution is 0.426. The Morgan fingerprint density at radius 3 is 2.39 bits per heavy atom. The Hall–Kier alpha value is -2.30. The van der Waals surface area contributed by atoms with Gasteiger partial charge in [-0.2, -0.15) is 0 Å². The highest BCUT2D eigenvalue weighted by Gasteiger charge is 2.12. The summed E-state index contributed by atoms with van der Waals surface area (Å²) >= 11 is 0. The van der Waals surface area contributed by atoms with Gasteiger partial charge in [-0.25, -0.2) is 9.36 Å². The molecule has 5 heteroatoms. The summed E-state index contributed by atoms with van der Waals surface area (Å²) in [5, 5.41) is 9.92. The molecule has 0 aliphatic heterocycles. The number of benzene rings is 1. The van der Waals surface area contributed by atoms with Crippen molar-refractivity contribution in [3.8, 4) is 11.6 Å². The first-order valence-corrected chi connectivity index (χ1v) is 5.54. The maximum absolute atomic E-state index is 11.8. The molecule has 0 spiro atoms. The average Bonchev–Trinajstić information content (AvgIpc) is 2.31. The van der Waals surface area contributed by atoms with Crippen LogP contribution in [-0.2, 0) is 0 Å². The number of aromatic hydroxyl groups is 1. The second-order valence-corrected chi connectivity index (χ2v) is 4.31. The number of aryl methyl sites for hydroxylation is 2. The van der Waals surface area contributed by atoms with Crippen LogP contribution in [0.2, 0.25) is 0 Å². The molecule has 0 unspecified atom stereocenters. The molecule has 2 N–H and O–H groups in total. The van der Waals surface area contributed by atoms with Crippen LogP contribution in [0.25, 0.3) is 5.69 Å². The Balaban J connectivity index is 2.79. The van der Waals surface area contributed by atoms with Gasteiger partial charge in [-0.1, -0.05) is 6.07 Å². The van der Waals surface area contributed by atoms with Crippen molar-refractivity contribution >= 4 is 0 Å². The van der Waals surface area contributed by atoms with Crippen LogP contribution in [0.4, 0.5) is 0 Å². The number of nitrogens with one attached hydrogen (secondary N) is 1. The van der Waals surface area contributed by atoms with Gasteiger partial charge < -0.3 is 5.11 Å². The average molecular weight is 246 g/mol. The molecule has 2 aromatic rings. The standard InChI is InChI=1S/C13H14N2O3/c1-7-4-5-10(6-8(7)2)15-12(17)9(3)11(16)14-13(15)18/h4-6,17H,1-3H3,(H,14,16,18). The lowest BCUT2D eigenvalue weighted by Crippen LogP contribution is -2.30. The van der Waals surface area contributed by atoms with Crippen molar-refractivity contribution in [2.24, 2.45) is 0 Å². The first kappa shape index (κ1) is 12.2. The van der Waals surface area contributed by atoms with Crippen molar-refractivity contribution in [2.75, 3.05) is 0 Å². The van der Waals surface area contributed by atoms with Crippen LogP contribution in [0.3, 0.4) is 0 Å². The summed E-state index contributed by atoms with van der Waals surface area (Å²) in [6.07, 6.45) is 0. The summed E-state index contributed by atoms with van der Waals surface area (Å²) in [5.74, 6) is -0.327. The van der Waals surface area contributed by atoms with Crippen molar-refractivity contribution in [2.45, 2.75) is 20.8 Å². The number of rotatable bonds is 1. The van der Waals surface area contributed by atoms with E-state index in [1.807, 2.05) is 19.9 Å². The van der Waals surface area contributed by atoms with Gasteiger partial charge in [0.1, 0.15) is 0 Å². The van der Waals surface area contributed by atoms with Crippen molar-refractivity contribution < 1.29 is 5.11 Å². The van der Waals surface area contributed by atoms with Crippen molar-refractivity contribution in [3.05, 3.63) is 55.7 Å². The number of H-pyrrole nitrogens is 1. The Labute approximate surface area is 103 Å². The Kier molecular flexibility index (Phi) is 2.82. The molecule has 94 valence electrons. The molecule has 0 bridgehead atoms. The van der Waals surface area contributed by atoms with Gasteiger partial charge in [-0.15, -0.1) is 0 Å². The first-order valence-electron chi connectivity index (χ1n) is 5.54. The Morgan fingerprint density at radius 1 is 1.11 bits per heavy atom. The minimum Gasteiger partial charge on any atom is -0.494 e. The van der Waals surface area contributed by atoms with E-state index in [9.17, 15) is 14.7 Å². The third kappa shape index (κ3) is 1.84. The van der Waals surface area contributed by atoms with E-state index in [4.69, 9.17) is 0 Å². The van der Waals surface area contributed by atoms with Crippen LogP contribution in [0.5, 0.6) is 5.88 Å². The highest BCUT2D eigenvalue weighted by atomic mass is 16.3. The van der Waals surface area contributed by atoms with Gasteiger partial charge in [0.05, 0.1) is 11.3 Å². The fourth-order valence-corrected chi connectivity index (χ4v) is 1.72. The largest absolute Gasteiger partial charge is 0.494 e. The topological polar surface area (TPSA) is 75.1 Å². The molecule has 0 amide bonds. The Bertz CT molecular complexity index is 726. The van der Waals surface area contributed by atoms with E-state index in [0.717, 1.165) is 15.7 Å². The van der Waals surface area contributed by atoms with Crippen LogP contribution in [0, 0.1) is 20.8 Å². The normalized spacial score (nSPS) is 10.6. The fraction of sp³-hybridized carbons (Fsp3) is 0.231. The van der Waals surface area contributed by atoms with Gasteiger partial charge in [0.25, 0.3) is 5.56 Å². The molecule has 0 saturated carbocycles. The molecule has 0 atom stereocenters. The fourth-order valence-electron chi connectivity index (χ4n) is 1.72. The van der Waals surface area contributed by atoms with Crippen molar-refractivity contribution in [3.63, 3.8) is 0 Å². The lowest BCUT2D eigenvalue weighted by Gasteiger charge is -2.11. The van der Waals surface area contributed by atoms with Crippen LogP contribution < -0.4 is 11.2 Å². The Morgan fingerprint density at radius 2 is 1.78 bits per heavy atom. The minimum absolute atomic E-state index is 0.118. The van der Waals surface area contributed by atoms with Crippen molar-refractivity contribution in [1.29, 1.82) is 0 Å². The van der Waals surface area contributed by atoms with Gasteiger partial charge in [0.15, 0.2) is 0 Å². The number of aromatic amines is 1. The molecular formula is C13H14N2O3. The summed E-state index contributed by atoms with van der Waals surface area (Å²) in [6.45, 7) is 5.34. The lowest BCUT2D eigenvalue weighted by atomic mass is 10.1. The summed E-state index contributed by atoms with van der Waals surface area (Å²) in [7, 11) is 0. The van der Waals surface area contributed by atoms with E-state index >= 15 is 0 Å². The summed E-state index contributed by atoms with van der Waals surface area (Å²) in [4.78, 5) is 25.3. The van der Waals surface area contributed by atoms with Gasteiger partial charge in [-0.05, 0) is 44.0 Å². The molecule has 0 radical (unpaired) electrons.